The number of aromatic amines is 1. The highest BCUT2D eigenvalue weighted by molar-refractivity contribution is 7.85. The average Bonchev–Trinajstić information content (AvgIpc) is 2.96. The molecule has 2 aromatic carbocycles. The zero-order chi connectivity index (χ0) is 16.4. The number of rotatable bonds is 1. The predicted molar refractivity (Wildman–Crippen MR) is 79.2 cm³/mol. The van der Waals surface area contributed by atoms with Crippen LogP contribution in [0.4, 0.5) is 0 Å². The van der Waals surface area contributed by atoms with Gasteiger partial charge in [0, 0.05) is 16.7 Å². The predicted octanol–water partition coefficient (Wildman–Crippen LogP) is 1.58. The fourth-order valence-corrected chi connectivity index (χ4v) is 3.20. The van der Waals surface area contributed by atoms with Gasteiger partial charge >= 0.3 is 10.1 Å². The smallest absolute Gasteiger partial charge is 0.327 e. The van der Waals surface area contributed by atoms with Crippen LogP contribution in [0.5, 0.6) is 0 Å². The van der Waals surface area contributed by atoms with E-state index < -0.39 is 21.1 Å². The molecular weight excluding hydrogens is 320 g/mol. The van der Waals surface area contributed by atoms with Gasteiger partial charge in [0.15, 0.2) is 11.6 Å². The minimum atomic E-state index is -4.55. The van der Waals surface area contributed by atoms with Crippen molar-refractivity contribution in [2.75, 3.05) is 0 Å². The number of fused-ring (bicyclic) bond motifs is 4. The SMILES string of the molecule is O=C1c2ccccc2C(=O)c2c1ccc1[nH]c(S(=O)(=O)O)nc21. The van der Waals surface area contributed by atoms with E-state index in [1.54, 1.807) is 18.2 Å². The van der Waals surface area contributed by atoms with Crippen molar-refractivity contribution in [1.82, 2.24) is 9.97 Å². The minimum Gasteiger partial charge on any atom is -0.327 e. The van der Waals surface area contributed by atoms with Crippen molar-refractivity contribution in [2.45, 2.75) is 5.16 Å². The Morgan fingerprint density at radius 1 is 0.913 bits per heavy atom. The van der Waals surface area contributed by atoms with Gasteiger partial charge < -0.3 is 4.98 Å². The highest BCUT2D eigenvalue weighted by atomic mass is 32.2. The minimum absolute atomic E-state index is 0.0392. The van der Waals surface area contributed by atoms with Gasteiger partial charge in [-0.2, -0.15) is 8.42 Å². The first-order valence-corrected chi connectivity index (χ1v) is 8.00. The first-order valence-electron chi connectivity index (χ1n) is 6.56. The van der Waals surface area contributed by atoms with Crippen LogP contribution in [0.15, 0.2) is 41.6 Å². The van der Waals surface area contributed by atoms with Gasteiger partial charge in [0.1, 0.15) is 5.52 Å². The van der Waals surface area contributed by atoms with Gasteiger partial charge in [0.2, 0.25) is 0 Å². The first kappa shape index (κ1) is 13.8. The van der Waals surface area contributed by atoms with Crippen LogP contribution < -0.4 is 0 Å². The van der Waals surface area contributed by atoms with Gasteiger partial charge in [0.25, 0.3) is 5.16 Å². The Kier molecular flexibility index (Phi) is 2.60. The molecule has 7 nitrogen and oxygen atoms in total. The summed E-state index contributed by atoms with van der Waals surface area (Å²) in [6.07, 6.45) is 0. The Hall–Kier alpha value is -2.84. The summed E-state index contributed by atoms with van der Waals surface area (Å²) in [6, 6.07) is 9.31. The molecular formula is C15H8N2O5S. The third-order valence-electron chi connectivity index (χ3n) is 3.77. The second-order valence-corrected chi connectivity index (χ2v) is 6.44. The van der Waals surface area contributed by atoms with Crippen molar-refractivity contribution < 1.29 is 22.6 Å². The molecule has 0 unspecified atom stereocenters. The van der Waals surface area contributed by atoms with Crippen LogP contribution >= 0.6 is 0 Å². The average molecular weight is 328 g/mol. The molecule has 0 bridgehead atoms. The Morgan fingerprint density at radius 2 is 1.57 bits per heavy atom. The maximum atomic E-state index is 12.7. The van der Waals surface area contributed by atoms with E-state index in [4.69, 9.17) is 4.55 Å². The molecule has 3 aromatic rings. The zero-order valence-electron chi connectivity index (χ0n) is 11.4. The van der Waals surface area contributed by atoms with Gasteiger partial charge in [-0.05, 0) is 12.1 Å². The molecule has 23 heavy (non-hydrogen) atoms. The molecule has 0 saturated carbocycles. The molecule has 0 fully saturated rings. The number of hydrogen-bond acceptors (Lipinski definition) is 5. The van der Waals surface area contributed by atoms with Gasteiger partial charge in [-0.3, -0.25) is 14.1 Å². The van der Waals surface area contributed by atoms with Crippen LogP contribution in [-0.4, -0.2) is 34.5 Å². The fraction of sp³-hybridized carbons (Fsp3) is 0. The highest BCUT2D eigenvalue weighted by Crippen LogP contribution is 2.31. The Morgan fingerprint density at radius 3 is 2.22 bits per heavy atom. The summed E-state index contributed by atoms with van der Waals surface area (Å²) in [5.41, 5.74) is 1.04. The van der Waals surface area contributed by atoms with E-state index in [0.717, 1.165) is 0 Å². The topological polar surface area (TPSA) is 117 Å². The third kappa shape index (κ3) is 1.85. The summed E-state index contributed by atoms with van der Waals surface area (Å²) in [4.78, 5) is 31.5. The van der Waals surface area contributed by atoms with Crippen molar-refractivity contribution >= 4 is 32.7 Å². The highest BCUT2D eigenvalue weighted by Gasteiger charge is 2.32. The quantitative estimate of drug-likeness (QED) is 0.512. The summed E-state index contributed by atoms with van der Waals surface area (Å²) in [7, 11) is -4.55. The molecule has 0 saturated heterocycles. The number of aromatic nitrogens is 2. The maximum absolute atomic E-state index is 12.7. The molecule has 0 radical (unpaired) electrons. The van der Waals surface area contributed by atoms with E-state index in [0.29, 0.717) is 5.56 Å². The van der Waals surface area contributed by atoms with Crippen molar-refractivity contribution in [1.29, 1.82) is 0 Å². The van der Waals surface area contributed by atoms with E-state index in [9.17, 15) is 18.0 Å². The van der Waals surface area contributed by atoms with Crippen molar-refractivity contribution in [3.8, 4) is 0 Å². The first-order chi connectivity index (χ1) is 10.9. The number of nitrogens with one attached hydrogen (secondary N) is 1. The number of nitrogens with zero attached hydrogens (tertiary/aromatic N) is 1. The summed E-state index contributed by atoms with van der Waals surface area (Å²) < 4.78 is 31.5. The number of H-pyrrole nitrogens is 1. The van der Waals surface area contributed by atoms with Gasteiger partial charge in [0.05, 0.1) is 11.1 Å². The summed E-state index contributed by atoms with van der Waals surface area (Å²) in [6.45, 7) is 0. The molecule has 1 aliphatic rings. The molecule has 2 N–H and O–H groups in total. The van der Waals surface area contributed by atoms with Gasteiger partial charge in [-0.25, -0.2) is 4.98 Å². The summed E-state index contributed by atoms with van der Waals surface area (Å²) in [5, 5.41) is -0.667. The third-order valence-corrected chi connectivity index (χ3v) is 4.45. The van der Waals surface area contributed by atoms with Crippen LogP contribution in [0.3, 0.4) is 0 Å². The number of imidazole rings is 1. The lowest BCUT2D eigenvalue weighted by Crippen LogP contribution is -2.21. The summed E-state index contributed by atoms with van der Waals surface area (Å²) in [5.74, 6) is -0.734. The zero-order valence-corrected chi connectivity index (χ0v) is 12.2. The maximum Gasteiger partial charge on any atom is 0.328 e. The largest absolute Gasteiger partial charge is 0.328 e. The molecule has 0 spiro atoms. The Bertz CT molecular complexity index is 1130. The molecule has 114 valence electrons. The van der Waals surface area contributed by atoms with E-state index in [2.05, 4.69) is 9.97 Å². The molecule has 4 rings (SSSR count). The number of benzene rings is 2. The number of ketones is 2. The van der Waals surface area contributed by atoms with Crippen LogP contribution in [0.25, 0.3) is 11.0 Å². The number of carbonyl (C=O) groups excluding carboxylic acids is 2. The molecule has 0 aliphatic heterocycles. The van der Waals surface area contributed by atoms with E-state index >= 15 is 0 Å². The van der Waals surface area contributed by atoms with Crippen molar-refractivity contribution in [3.63, 3.8) is 0 Å². The molecule has 0 atom stereocenters. The van der Waals surface area contributed by atoms with Gasteiger partial charge in [-0.15, -0.1) is 0 Å². The van der Waals surface area contributed by atoms with Crippen LogP contribution in [0, 0.1) is 0 Å². The molecule has 8 heteroatoms. The van der Waals surface area contributed by atoms with E-state index in [1.165, 1.54) is 18.2 Å². The lowest BCUT2D eigenvalue weighted by molar-refractivity contribution is 0.0980. The lowest BCUT2D eigenvalue weighted by Gasteiger charge is -2.17. The standard InChI is InChI=1S/C15H8N2O5S/c18-13-7-3-1-2-4-8(7)14(19)11-9(13)5-6-10-12(11)17-15(16-10)23(20,21)22/h1-6H,(H,16,17)(H,20,21,22). The van der Waals surface area contributed by atoms with Crippen molar-refractivity contribution in [3.05, 3.63) is 58.7 Å². The molecule has 1 heterocycles. The van der Waals surface area contributed by atoms with E-state index in [-0.39, 0.29) is 33.5 Å². The molecule has 1 aliphatic carbocycles. The normalized spacial score (nSPS) is 14.0. The molecule has 1 aromatic heterocycles. The van der Waals surface area contributed by atoms with Crippen LogP contribution in [-0.2, 0) is 10.1 Å². The second-order valence-electron chi connectivity index (χ2n) is 5.11. The summed E-state index contributed by atoms with van der Waals surface area (Å²) >= 11 is 0. The van der Waals surface area contributed by atoms with E-state index in [1.807, 2.05) is 0 Å². The number of hydrogen-bond donors (Lipinski definition) is 2. The monoisotopic (exact) mass is 328 g/mol. The van der Waals surface area contributed by atoms with Crippen LogP contribution in [0.1, 0.15) is 31.8 Å². The van der Waals surface area contributed by atoms with Crippen molar-refractivity contribution in [2.24, 2.45) is 0 Å². The second kappa shape index (κ2) is 4.34. The van der Waals surface area contributed by atoms with Gasteiger partial charge in [-0.1, -0.05) is 24.3 Å². The fourth-order valence-electron chi connectivity index (χ4n) is 2.75. The number of carbonyl (C=O) groups is 2. The van der Waals surface area contributed by atoms with Crippen LogP contribution in [0.2, 0.25) is 0 Å². The molecule has 0 amide bonds. The lowest BCUT2D eigenvalue weighted by atomic mass is 9.83. The Balaban J connectivity index is 2.09. The Labute approximate surface area is 129 Å².